The van der Waals surface area contributed by atoms with Crippen molar-refractivity contribution in [2.45, 2.75) is 45.2 Å². The maximum absolute atomic E-state index is 12.4. The standard InChI is InChI=1S/C20H36N4O4S/c1-7-21-19(23-15-18(28-6)20(2,3)4)22-14-16-9-8-10-17(13-16)29(25,26)24-11-12-27-5/h8-10,13,18,24H,7,11-12,14-15H2,1-6H3,(H2,21,22,23). The zero-order chi connectivity index (χ0) is 21.9. The van der Waals surface area contributed by atoms with Crippen LogP contribution in [0.2, 0.25) is 0 Å². The summed E-state index contributed by atoms with van der Waals surface area (Å²) in [6.07, 6.45) is 0.0259. The van der Waals surface area contributed by atoms with Crippen LogP contribution in [0.4, 0.5) is 0 Å². The highest BCUT2D eigenvalue weighted by atomic mass is 32.2. The Bertz CT molecular complexity index is 745. The van der Waals surface area contributed by atoms with E-state index in [1.807, 2.05) is 13.0 Å². The van der Waals surface area contributed by atoms with E-state index in [4.69, 9.17) is 9.47 Å². The maximum Gasteiger partial charge on any atom is 0.240 e. The van der Waals surface area contributed by atoms with Crippen LogP contribution >= 0.6 is 0 Å². The van der Waals surface area contributed by atoms with Gasteiger partial charge in [-0.05, 0) is 30.0 Å². The molecule has 9 heteroatoms. The summed E-state index contributed by atoms with van der Waals surface area (Å²) in [5.41, 5.74) is 0.799. The van der Waals surface area contributed by atoms with Crippen LogP contribution in [-0.2, 0) is 26.0 Å². The Morgan fingerprint density at radius 2 is 1.93 bits per heavy atom. The van der Waals surface area contributed by atoms with Gasteiger partial charge in [0.05, 0.1) is 24.2 Å². The molecule has 0 heterocycles. The molecule has 0 aliphatic heterocycles. The van der Waals surface area contributed by atoms with E-state index in [2.05, 4.69) is 41.1 Å². The second-order valence-corrected chi connectivity index (χ2v) is 9.47. The Hall–Kier alpha value is -1.68. The second-order valence-electron chi connectivity index (χ2n) is 7.70. The molecule has 0 aliphatic rings. The molecule has 0 radical (unpaired) electrons. The van der Waals surface area contributed by atoms with E-state index in [1.165, 1.54) is 7.11 Å². The number of sulfonamides is 1. The van der Waals surface area contributed by atoms with Crippen molar-refractivity contribution in [1.29, 1.82) is 0 Å². The van der Waals surface area contributed by atoms with Gasteiger partial charge in [0.1, 0.15) is 0 Å². The van der Waals surface area contributed by atoms with E-state index in [0.717, 1.165) is 12.1 Å². The molecule has 1 unspecified atom stereocenters. The third kappa shape index (κ3) is 9.12. The monoisotopic (exact) mass is 428 g/mol. The average Bonchev–Trinajstić information content (AvgIpc) is 2.65. The van der Waals surface area contributed by atoms with Crippen molar-refractivity contribution in [3.8, 4) is 0 Å². The van der Waals surface area contributed by atoms with E-state index in [9.17, 15) is 8.42 Å². The quantitative estimate of drug-likeness (QED) is 0.282. The number of nitrogens with zero attached hydrogens (tertiary/aromatic N) is 1. The van der Waals surface area contributed by atoms with Gasteiger partial charge in [-0.2, -0.15) is 0 Å². The molecule has 0 fully saturated rings. The lowest BCUT2D eigenvalue weighted by molar-refractivity contribution is 0.0205. The molecule has 3 N–H and O–H groups in total. The molecule has 0 aliphatic carbocycles. The van der Waals surface area contributed by atoms with Gasteiger partial charge < -0.3 is 20.1 Å². The molecule has 8 nitrogen and oxygen atoms in total. The van der Waals surface area contributed by atoms with Gasteiger partial charge in [0.2, 0.25) is 10.0 Å². The molecule has 29 heavy (non-hydrogen) atoms. The summed E-state index contributed by atoms with van der Waals surface area (Å²) in [7, 11) is -0.342. The summed E-state index contributed by atoms with van der Waals surface area (Å²) in [4.78, 5) is 4.79. The maximum atomic E-state index is 12.4. The highest BCUT2D eigenvalue weighted by Crippen LogP contribution is 2.21. The molecular weight excluding hydrogens is 392 g/mol. The van der Waals surface area contributed by atoms with Gasteiger partial charge in [-0.15, -0.1) is 0 Å². The zero-order valence-corrected chi connectivity index (χ0v) is 19.2. The number of aliphatic imine (C=N–C) groups is 1. The first-order chi connectivity index (χ1) is 13.6. The van der Waals surface area contributed by atoms with Crippen LogP contribution in [-0.4, -0.2) is 60.9 Å². The van der Waals surface area contributed by atoms with Crippen molar-refractivity contribution in [3.63, 3.8) is 0 Å². The highest BCUT2D eigenvalue weighted by Gasteiger charge is 2.24. The topological polar surface area (TPSA) is 101 Å². The fourth-order valence-electron chi connectivity index (χ4n) is 2.62. The number of rotatable bonds is 11. The molecule has 0 amide bonds. The van der Waals surface area contributed by atoms with Gasteiger partial charge in [0.25, 0.3) is 0 Å². The van der Waals surface area contributed by atoms with Gasteiger partial charge in [-0.3, -0.25) is 0 Å². The van der Waals surface area contributed by atoms with E-state index in [0.29, 0.717) is 25.7 Å². The Morgan fingerprint density at radius 1 is 1.21 bits per heavy atom. The van der Waals surface area contributed by atoms with Crippen LogP contribution in [0.5, 0.6) is 0 Å². The number of ether oxygens (including phenoxy) is 2. The second kappa shape index (κ2) is 12.1. The minimum Gasteiger partial charge on any atom is -0.383 e. The Kier molecular flexibility index (Phi) is 10.6. The summed E-state index contributed by atoms with van der Waals surface area (Å²) in [6, 6.07) is 6.78. The fourth-order valence-corrected chi connectivity index (χ4v) is 3.70. The van der Waals surface area contributed by atoms with Crippen molar-refractivity contribution in [2.75, 3.05) is 40.5 Å². The summed E-state index contributed by atoms with van der Waals surface area (Å²) in [6.45, 7) is 10.6. The normalized spacial score (nSPS) is 13.9. The molecule has 0 saturated carbocycles. The first kappa shape index (κ1) is 25.4. The van der Waals surface area contributed by atoms with Crippen LogP contribution in [0, 0.1) is 5.41 Å². The van der Waals surface area contributed by atoms with Crippen LogP contribution < -0.4 is 15.4 Å². The molecule has 1 rings (SSSR count). The van der Waals surface area contributed by atoms with Crippen molar-refractivity contribution in [2.24, 2.45) is 10.4 Å². The molecule has 1 aromatic carbocycles. The molecule has 0 saturated heterocycles. The van der Waals surface area contributed by atoms with Gasteiger partial charge in [0, 0.05) is 33.9 Å². The average molecular weight is 429 g/mol. The Balaban J connectivity index is 2.84. The molecule has 0 bridgehead atoms. The number of nitrogens with one attached hydrogen (secondary N) is 3. The number of methoxy groups -OCH3 is 2. The Labute approximate surface area is 175 Å². The van der Waals surface area contributed by atoms with Crippen LogP contribution in [0.15, 0.2) is 34.2 Å². The SMILES string of the molecule is CCNC(=NCc1cccc(S(=O)(=O)NCCOC)c1)NCC(OC)C(C)(C)C. The first-order valence-corrected chi connectivity index (χ1v) is 11.2. The summed E-state index contributed by atoms with van der Waals surface area (Å²) < 4.78 is 37.7. The van der Waals surface area contributed by atoms with Gasteiger partial charge in [-0.1, -0.05) is 32.9 Å². The minimum absolute atomic E-state index is 0.00240. The number of guanidine groups is 1. The molecule has 166 valence electrons. The van der Waals surface area contributed by atoms with Gasteiger partial charge >= 0.3 is 0 Å². The zero-order valence-electron chi connectivity index (χ0n) is 18.4. The van der Waals surface area contributed by atoms with Crippen LogP contribution in [0.3, 0.4) is 0 Å². The molecule has 1 atom stereocenters. The lowest BCUT2D eigenvalue weighted by Crippen LogP contribution is -2.45. The van der Waals surface area contributed by atoms with Crippen LogP contribution in [0.1, 0.15) is 33.3 Å². The van der Waals surface area contributed by atoms with Crippen LogP contribution in [0.25, 0.3) is 0 Å². The third-order valence-corrected chi connectivity index (χ3v) is 5.74. The van der Waals surface area contributed by atoms with E-state index in [1.54, 1.807) is 25.3 Å². The number of benzene rings is 1. The predicted octanol–water partition coefficient (Wildman–Crippen LogP) is 1.73. The lowest BCUT2D eigenvalue weighted by Gasteiger charge is -2.30. The first-order valence-electron chi connectivity index (χ1n) is 9.76. The fraction of sp³-hybridized carbons (Fsp3) is 0.650. The number of hydrogen-bond acceptors (Lipinski definition) is 5. The molecule has 1 aromatic rings. The Morgan fingerprint density at radius 3 is 2.52 bits per heavy atom. The summed E-state index contributed by atoms with van der Waals surface area (Å²) in [5, 5.41) is 6.50. The lowest BCUT2D eigenvalue weighted by atomic mass is 9.89. The summed E-state index contributed by atoms with van der Waals surface area (Å²) >= 11 is 0. The molecular formula is C20H36N4O4S. The minimum atomic E-state index is -3.57. The molecule has 0 spiro atoms. The smallest absolute Gasteiger partial charge is 0.240 e. The van der Waals surface area contributed by atoms with Gasteiger partial charge in [-0.25, -0.2) is 18.1 Å². The number of hydrogen-bond donors (Lipinski definition) is 3. The summed E-state index contributed by atoms with van der Waals surface area (Å²) in [5.74, 6) is 0.658. The molecule has 0 aromatic heterocycles. The van der Waals surface area contributed by atoms with E-state index >= 15 is 0 Å². The third-order valence-electron chi connectivity index (χ3n) is 4.28. The van der Waals surface area contributed by atoms with Crippen molar-refractivity contribution < 1.29 is 17.9 Å². The predicted molar refractivity (Wildman–Crippen MR) is 117 cm³/mol. The van der Waals surface area contributed by atoms with Crippen molar-refractivity contribution in [3.05, 3.63) is 29.8 Å². The van der Waals surface area contributed by atoms with Crippen molar-refractivity contribution in [1.82, 2.24) is 15.4 Å². The van der Waals surface area contributed by atoms with Crippen molar-refractivity contribution >= 4 is 16.0 Å². The largest absolute Gasteiger partial charge is 0.383 e. The van der Waals surface area contributed by atoms with E-state index < -0.39 is 10.0 Å². The van der Waals surface area contributed by atoms with Gasteiger partial charge in [0.15, 0.2) is 5.96 Å². The highest BCUT2D eigenvalue weighted by molar-refractivity contribution is 7.89. The van der Waals surface area contributed by atoms with E-state index in [-0.39, 0.29) is 23.0 Å².